The average Bonchev–Trinajstić information content (AvgIpc) is 2.76. The number of aryl methyl sites for hydroxylation is 1. The summed E-state index contributed by atoms with van der Waals surface area (Å²) >= 11 is 6.06. The number of hydrogen-bond acceptors (Lipinski definition) is 4. The van der Waals surface area contributed by atoms with Gasteiger partial charge in [0.1, 0.15) is 5.69 Å². The molecule has 0 atom stereocenters. The van der Waals surface area contributed by atoms with E-state index in [0.29, 0.717) is 23.4 Å². The van der Waals surface area contributed by atoms with Gasteiger partial charge in [-0.05, 0) is 30.7 Å². The summed E-state index contributed by atoms with van der Waals surface area (Å²) in [6.45, 7) is 1.92. The van der Waals surface area contributed by atoms with Crippen LogP contribution in [0, 0.1) is 21.4 Å². The van der Waals surface area contributed by atoms with Gasteiger partial charge in [-0.25, -0.2) is 4.68 Å². The first-order valence-corrected chi connectivity index (χ1v) is 6.38. The smallest absolute Gasteiger partial charge is 0.258 e. The molecule has 102 valence electrons. The zero-order valence-corrected chi connectivity index (χ0v) is 11.5. The monoisotopic (exact) mass is 290 g/mol. The quantitative estimate of drug-likeness (QED) is 0.639. The van der Waals surface area contributed by atoms with Crippen molar-refractivity contribution >= 4 is 17.3 Å². The van der Waals surface area contributed by atoms with Gasteiger partial charge in [-0.1, -0.05) is 24.9 Å². The second-order valence-electron chi connectivity index (χ2n) is 4.16. The van der Waals surface area contributed by atoms with Crippen LogP contribution in [0.25, 0.3) is 5.69 Å². The number of rotatable bonds is 4. The normalized spacial score (nSPS) is 10.2. The Kier molecular flexibility index (Phi) is 4.01. The van der Waals surface area contributed by atoms with Crippen LogP contribution in [0.4, 0.5) is 5.69 Å². The molecule has 0 aliphatic heterocycles. The Morgan fingerprint density at radius 3 is 2.60 bits per heavy atom. The highest BCUT2D eigenvalue weighted by Gasteiger charge is 2.26. The van der Waals surface area contributed by atoms with E-state index in [1.807, 2.05) is 13.0 Å². The second-order valence-corrected chi connectivity index (χ2v) is 4.52. The minimum atomic E-state index is -0.513. The maximum absolute atomic E-state index is 11.1. The van der Waals surface area contributed by atoms with Gasteiger partial charge in [-0.3, -0.25) is 10.1 Å². The number of nitriles is 1. The van der Waals surface area contributed by atoms with Crippen molar-refractivity contribution in [2.75, 3.05) is 0 Å². The highest BCUT2D eigenvalue weighted by molar-refractivity contribution is 6.32. The molecule has 6 nitrogen and oxygen atoms in total. The third-order valence-corrected chi connectivity index (χ3v) is 3.12. The molecule has 1 heterocycles. The molecule has 1 aromatic carbocycles. The van der Waals surface area contributed by atoms with E-state index < -0.39 is 4.92 Å². The fourth-order valence-corrected chi connectivity index (χ4v) is 2.18. The number of aromatic nitrogens is 2. The van der Waals surface area contributed by atoms with Gasteiger partial charge >= 0.3 is 5.69 Å². The van der Waals surface area contributed by atoms with Crippen molar-refractivity contribution in [2.24, 2.45) is 0 Å². The topological polar surface area (TPSA) is 84.8 Å². The molecule has 0 bridgehead atoms. The van der Waals surface area contributed by atoms with E-state index in [4.69, 9.17) is 16.9 Å². The molecule has 0 spiro atoms. The third kappa shape index (κ3) is 2.49. The van der Waals surface area contributed by atoms with Gasteiger partial charge in [0, 0.05) is 0 Å². The summed E-state index contributed by atoms with van der Waals surface area (Å²) in [5, 5.41) is 24.0. The Hall–Kier alpha value is -2.39. The van der Waals surface area contributed by atoms with Crippen molar-refractivity contribution in [3.05, 3.63) is 50.8 Å². The molecule has 0 N–H and O–H groups in total. The molecule has 0 radical (unpaired) electrons. The number of halogens is 1. The summed E-state index contributed by atoms with van der Waals surface area (Å²) in [4.78, 5) is 10.6. The minimum absolute atomic E-state index is 0.0249. The Morgan fingerprint density at radius 1 is 1.45 bits per heavy atom. The van der Waals surface area contributed by atoms with Crippen LogP contribution in [0.1, 0.15) is 24.6 Å². The lowest BCUT2D eigenvalue weighted by Gasteiger charge is -2.01. The van der Waals surface area contributed by atoms with Crippen LogP contribution in [0.2, 0.25) is 5.15 Å². The van der Waals surface area contributed by atoms with Gasteiger partial charge in [0.25, 0.3) is 0 Å². The molecule has 0 fully saturated rings. The van der Waals surface area contributed by atoms with Gasteiger partial charge in [0.2, 0.25) is 5.15 Å². The molecule has 20 heavy (non-hydrogen) atoms. The lowest BCUT2D eigenvalue weighted by molar-refractivity contribution is -0.385. The lowest BCUT2D eigenvalue weighted by atomic mass is 10.2. The molecule has 2 rings (SSSR count). The van der Waals surface area contributed by atoms with Crippen LogP contribution in [0.3, 0.4) is 0 Å². The van der Waals surface area contributed by atoms with E-state index >= 15 is 0 Å². The van der Waals surface area contributed by atoms with Gasteiger partial charge in [-0.15, -0.1) is 0 Å². The molecule has 0 aliphatic carbocycles. The maximum Gasteiger partial charge on any atom is 0.329 e. The first-order chi connectivity index (χ1) is 9.58. The number of nitrogens with zero attached hydrogens (tertiary/aromatic N) is 4. The van der Waals surface area contributed by atoms with Crippen LogP contribution in [0.5, 0.6) is 0 Å². The summed E-state index contributed by atoms with van der Waals surface area (Å²) in [7, 11) is 0. The van der Waals surface area contributed by atoms with E-state index in [0.717, 1.165) is 6.42 Å². The summed E-state index contributed by atoms with van der Waals surface area (Å²) in [6.07, 6.45) is 1.22. The SMILES string of the molecule is CCCc1nn(-c2ccc(C#N)cc2)c(Cl)c1[N+](=O)[O-]. The number of hydrogen-bond donors (Lipinski definition) is 0. The zero-order chi connectivity index (χ0) is 14.7. The maximum atomic E-state index is 11.1. The predicted molar refractivity (Wildman–Crippen MR) is 73.9 cm³/mol. The van der Waals surface area contributed by atoms with Crippen LogP contribution >= 0.6 is 11.6 Å². The molecule has 0 saturated carbocycles. The number of nitro groups is 1. The van der Waals surface area contributed by atoms with Crippen LogP contribution in [-0.4, -0.2) is 14.7 Å². The fraction of sp³-hybridized carbons (Fsp3) is 0.231. The summed E-state index contributed by atoms with van der Waals surface area (Å²) in [5.41, 5.74) is 1.30. The highest BCUT2D eigenvalue weighted by atomic mass is 35.5. The first-order valence-electron chi connectivity index (χ1n) is 6.00. The molecular formula is C13H11ClN4O2. The Labute approximate surface area is 120 Å². The fourth-order valence-electron chi connectivity index (χ4n) is 1.87. The Balaban J connectivity index is 2.54. The van der Waals surface area contributed by atoms with Gasteiger partial charge in [0.05, 0.1) is 22.2 Å². The summed E-state index contributed by atoms with van der Waals surface area (Å²) < 4.78 is 1.33. The molecule has 0 amide bonds. The van der Waals surface area contributed by atoms with E-state index in [1.165, 1.54) is 4.68 Å². The van der Waals surface area contributed by atoms with Gasteiger partial charge < -0.3 is 0 Å². The van der Waals surface area contributed by atoms with Gasteiger partial charge in [0.15, 0.2) is 0 Å². The molecule has 0 aliphatic rings. The summed E-state index contributed by atoms with van der Waals surface area (Å²) in [5.74, 6) is 0. The van der Waals surface area contributed by atoms with Crippen molar-refractivity contribution in [3.8, 4) is 11.8 Å². The minimum Gasteiger partial charge on any atom is -0.258 e. The van der Waals surface area contributed by atoms with E-state index in [-0.39, 0.29) is 10.8 Å². The molecule has 1 aromatic heterocycles. The largest absolute Gasteiger partial charge is 0.329 e. The van der Waals surface area contributed by atoms with E-state index in [9.17, 15) is 10.1 Å². The van der Waals surface area contributed by atoms with E-state index in [2.05, 4.69) is 5.10 Å². The van der Waals surface area contributed by atoms with Crippen molar-refractivity contribution < 1.29 is 4.92 Å². The molecule has 0 saturated heterocycles. The number of benzene rings is 1. The van der Waals surface area contributed by atoms with Crippen LogP contribution < -0.4 is 0 Å². The zero-order valence-electron chi connectivity index (χ0n) is 10.7. The van der Waals surface area contributed by atoms with E-state index in [1.54, 1.807) is 24.3 Å². The molecule has 7 heteroatoms. The first kappa shape index (κ1) is 14.0. The van der Waals surface area contributed by atoms with Crippen molar-refractivity contribution in [1.82, 2.24) is 9.78 Å². The third-order valence-electron chi connectivity index (χ3n) is 2.79. The Bertz CT molecular complexity index is 686. The van der Waals surface area contributed by atoms with Gasteiger partial charge in [-0.2, -0.15) is 10.4 Å². The standard InChI is InChI=1S/C13H11ClN4O2/c1-2-3-11-12(18(19)20)13(14)17(16-11)10-6-4-9(8-15)5-7-10/h4-7H,2-3H2,1H3. The predicted octanol–water partition coefficient (Wildman–Crippen LogP) is 3.26. The van der Waals surface area contributed by atoms with Crippen LogP contribution in [-0.2, 0) is 6.42 Å². The highest BCUT2D eigenvalue weighted by Crippen LogP contribution is 2.31. The molecule has 2 aromatic rings. The Morgan fingerprint density at radius 2 is 2.10 bits per heavy atom. The lowest BCUT2D eigenvalue weighted by Crippen LogP contribution is -1.97. The van der Waals surface area contributed by atoms with Crippen LogP contribution in [0.15, 0.2) is 24.3 Å². The van der Waals surface area contributed by atoms with Crippen molar-refractivity contribution in [2.45, 2.75) is 19.8 Å². The van der Waals surface area contributed by atoms with Crippen molar-refractivity contribution in [1.29, 1.82) is 5.26 Å². The average molecular weight is 291 g/mol. The molecule has 0 unspecified atom stereocenters. The summed E-state index contributed by atoms with van der Waals surface area (Å²) in [6, 6.07) is 8.52. The van der Waals surface area contributed by atoms with Crippen molar-refractivity contribution in [3.63, 3.8) is 0 Å². The molecular weight excluding hydrogens is 280 g/mol. The second kappa shape index (κ2) is 5.72.